The Kier molecular flexibility index (Phi) is 6.65. The van der Waals surface area contributed by atoms with Crippen molar-refractivity contribution >= 4 is 38.9 Å². The smallest absolute Gasteiger partial charge is 0.262 e. The Morgan fingerprint density at radius 3 is 2.23 bits per heavy atom. The van der Waals surface area contributed by atoms with Crippen LogP contribution in [0.2, 0.25) is 10.0 Å². The Hall–Kier alpha value is -2.21. The van der Waals surface area contributed by atoms with Crippen LogP contribution >= 0.6 is 23.2 Å². The van der Waals surface area contributed by atoms with Crippen molar-refractivity contribution in [3.63, 3.8) is 0 Å². The number of sulfonamides is 1. The molecule has 0 amide bonds. The Bertz CT molecular complexity index is 1140. The minimum atomic E-state index is -3.80. The predicted octanol–water partition coefficient (Wildman–Crippen LogP) is 7.27. The Morgan fingerprint density at radius 2 is 1.60 bits per heavy atom. The molecule has 30 heavy (non-hydrogen) atoms. The standard InChI is InChI=1S/C23H23Cl2NO3S/c1-4-23(2,3)16-9-12-18(13-10-16)30(27,28)26-20-7-5-6-8-22(20)29-21-14-11-17(24)15-19(21)25/h5-15,26H,4H2,1-3H3. The van der Waals surface area contributed by atoms with Crippen LogP contribution in [0.5, 0.6) is 11.5 Å². The summed E-state index contributed by atoms with van der Waals surface area (Å²) in [6, 6.07) is 18.6. The first-order valence-corrected chi connectivity index (χ1v) is 11.7. The lowest BCUT2D eigenvalue weighted by atomic mass is 9.82. The number of rotatable bonds is 7. The summed E-state index contributed by atoms with van der Waals surface area (Å²) >= 11 is 12.1. The SMILES string of the molecule is CCC(C)(C)c1ccc(S(=O)(=O)Nc2ccccc2Oc2ccc(Cl)cc2Cl)cc1. The Balaban J connectivity index is 1.87. The summed E-state index contributed by atoms with van der Waals surface area (Å²) in [6.07, 6.45) is 0.954. The molecule has 1 N–H and O–H groups in total. The Labute approximate surface area is 187 Å². The molecule has 3 rings (SSSR count). The molecule has 0 atom stereocenters. The fraction of sp³-hybridized carbons (Fsp3) is 0.217. The molecule has 0 heterocycles. The summed E-state index contributed by atoms with van der Waals surface area (Å²) in [7, 11) is -3.80. The number of benzene rings is 3. The first-order valence-electron chi connectivity index (χ1n) is 9.48. The molecular formula is C23H23Cl2NO3S. The van der Waals surface area contributed by atoms with E-state index in [-0.39, 0.29) is 10.3 Å². The maximum Gasteiger partial charge on any atom is 0.262 e. The fourth-order valence-corrected chi connectivity index (χ4v) is 4.33. The first kappa shape index (κ1) is 22.5. The molecule has 0 bridgehead atoms. The van der Waals surface area contributed by atoms with E-state index in [0.717, 1.165) is 12.0 Å². The molecule has 0 fully saturated rings. The Morgan fingerprint density at radius 1 is 0.933 bits per heavy atom. The molecule has 0 aliphatic rings. The van der Waals surface area contributed by atoms with Gasteiger partial charge in [0.25, 0.3) is 10.0 Å². The van der Waals surface area contributed by atoms with Crippen LogP contribution in [0.4, 0.5) is 5.69 Å². The highest BCUT2D eigenvalue weighted by Crippen LogP contribution is 2.36. The molecule has 0 aliphatic heterocycles. The highest BCUT2D eigenvalue weighted by molar-refractivity contribution is 7.92. The molecule has 7 heteroatoms. The summed E-state index contributed by atoms with van der Waals surface area (Å²) in [5.41, 5.74) is 1.38. The van der Waals surface area contributed by atoms with Crippen molar-refractivity contribution in [2.24, 2.45) is 0 Å². The predicted molar refractivity (Wildman–Crippen MR) is 124 cm³/mol. The van der Waals surface area contributed by atoms with Gasteiger partial charge >= 0.3 is 0 Å². The number of anilines is 1. The monoisotopic (exact) mass is 463 g/mol. The van der Waals surface area contributed by atoms with E-state index in [1.165, 1.54) is 0 Å². The quantitative estimate of drug-likeness (QED) is 0.400. The number of halogens is 2. The fourth-order valence-electron chi connectivity index (χ4n) is 2.81. The zero-order chi connectivity index (χ0) is 21.9. The van der Waals surface area contributed by atoms with Gasteiger partial charge in [0.1, 0.15) is 5.75 Å². The van der Waals surface area contributed by atoms with Gasteiger partial charge in [0, 0.05) is 5.02 Å². The molecule has 0 saturated heterocycles. The van der Waals surface area contributed by atoms with Crippen molar-refractivity contribution in [2.45, 2.75) is 37.5 Å². The third-order valence-corrected chi connectivity index (χ3v) is 6.99. The van der Waals surface area contributed by atoms with E-state index in [4.69, 9.17) is 27.9 Å². The van der Waals surface area contributed by atoms with Gasteiger partial charge in [0.05, 0.1) is 15.6 Å². The second-order valence-electron chi connectivity index (χ2n) is 7.54. The van der Waals surface area contributed by atoms with Crippen molar-refractivity contribution in [3.8, 4) is 11.5 Å². The number of nitrogens with one attached hydrogen (secondary N) is 1. The second kappa shape index (κ2) is 8.88. The highest BCUT2D eigenvalue weighted by atomic mass is 35.5. The van der Waals surface area contributed by atoms with E-state index in [0.29, 0.717) is 27.2 Å². The molecule has 0 unspecified atom stereocenters. The average Bonchev–Trinajstić information content (AvgIpc) is 2.71. The van der Waals surface area contributed by atoms with Gasteiger partial charge in [0.2, 0.25) is 0 Å². The topological polar surface area (TPSA) is 55.4 Å². The largest absolute Gasteiger partial charge is 0.454 e. The van der Waals surface area contributed by atoms with Gasteiger partial charge < -0.3 is 4.74 Å². The molecule has 158 valence electrons. The molecule has 3 aromatic carbocycles. The van der Waals surface area contributed by atoms with Crippen LogP contribution in [-0.4, -0.2) is 8.42 Å². The summed E-state index contributed by atoms with van der Waals surface area (Å²) in [4.78, 5) is 0.178. The minimum absolute atomic E-state index is 0.0198. The second-order valence-corrected chi connectivity index (χ2v) is 10.1. The maximum absolute atomic E-state index is 12.9. The van der Waals surface area contributed by atoms with Crippen LogP contribution < -0.4 is 9.46 Å². The molecule has 0 spiro atoms. The summed E-state index contributed by atoms with van der Waals surface area (Å²) in [5, 5.41) is 0.810. The highest BCUT2D eigenvalue weighted by Gasteiger charge is 2.21. The van der Waals surface area contributed by atoms with Crippen LogP contribution in [0.15, 0.2) is 71.6 Å². The van der Waals surface area contributed by atoms with Crippen molar-refractivity contribution in [1.82, 2.24) is 0 Å². The lowest BCUT2D eigenvalue weighted by Gasteiger charge is -2.23. The van der Waals surface area contributed by atoms with Crippen molar-refractivity contribution < 1.29 is 13.2 Å². The molecule has 0 aliphatic carbocycles. The third-order valence-electron chi connectivity index (χ3n) is 5.08. The van der Waals surface area contributed by atoms with Gasteiger partial charge in [-0.05, 0) is 59.9 Å². The molecular weight excluding hydrogens is 441 g/mol. The first-order chi connectivity index (χ1) is 14.1. The lowest BCUT2D eigenvalue weighted by molar-refractivity contribution is 0.485. The van der Waals surface area contributed by atoms with Crippen molar-refractivity contribution in [1.29, 1.82) is 0 Å². The minimum Gasteiger partial charge on any atom is -0.454 e. The average molecular weight is 464 g/mol. The van der Waals surface area contributed by atoms with Crippen molar-refractivity contribution in [3.05, 3.63) is 82.3 Å². The van der Waals surface area contributed by atoms with Gasteiger partial charge in [-0.15, -0.1) is 0 Å². The van der Waals surface area contributed by atoms with E-state index in [1.54, 1.807) is 54.6 Å². The van der Waals surface area contributed by atoms with E-state index in [9.17, 15) is 8.42 Å². The number of ether oxygens (including phenoxy) is 1. The number of para-hydroxylation sites is 2. The van der Waals surface area contributed by atoms with E-state index in [1.807, 2.05) is 12.1 Å². The molecule has 3 aromatic rings. The zero-order valence-corrected chi connectivity index (χ0v) is 19.3. The van der Waals surface area contributed by atoms with E-state index < -0.39 is 10.0 Å². The van der Waals surface area contributed by atoms with Gasteiger partial charge in [-0.2, -0.15) is 0 Å². The normalized spacial score (nSPS) is 11.9. The summed E-state index contributed by atoms with van der Waals surface area (Å²) in [6.45, 7) is 6.37. The number of hydrogen-bond acceptors (Lipinski definition) is 3. The van der Waals surface area contributed by atoms with Gasteiger partial charge in [-0.1, -0.05) is 68.2 Å². The van der Waals surface area contributed by atoms with Crippen LogP contribution in [0.1, 0.15) is 32.8 Å². The summed E-state index contributed by atoms with van der Waals surface area (Å²) < 4.78 is 34.3. The van der Waals surface area contributed by atoms with Crippen LogP contribution in [0, 0.1) is 0 Å². The lowest BCUT2D eigenvalue weighted by Crippen LogP contribution is -2.17. The van der Waals surface area contributed by atoms with Gasteiger partial charge in [0.15, 0.2) is 5.75 Å². The van der Waals surface area contributed by atoms with E-state index >= 15 is 0 Å². The zero-order valence-electron chi connectivity index (χ0n) is 16.9. The van der Waals surface area contributed by atoms with Crippen LogP contribution in [0.3, 0.4) is 0 Å². The molecule has 0 radical (unpaired) electrons. The summed E-state index contributed by atoms with van der Waals surface area (Å²) in [5.74, 6) is 0.702. The molecule has 0 saturated carbocycles. The van der Waals surface area contributed by atoms with Crippen LogP contribution in [-0.2, 0) is 15.4 Å². The van der Waals surface area contributed by atoms with E-state index in [2.05, 4.69) is 25.5 Å². The van der Waals surface area contributed by atoms with Crippen LogP contribution in [0.25, 0.3) is 0 Å². The third kappa shape index (κ3) is 5.09. The molecule has 4 nitrogen and oxygen atoms in total. The maximum atomic E-state index is 12.9. The van der Waals surface area contributed by atoms with Gasteiger partial charge in [-0.3, -0.25) is 4.72 Å². The molecule has 0 aromatic heterocycles. The van der Waals surface area contributed by atoms with Crippen molar-refractivity contribution in [2.75, 3.05) is 4.72 Å². The number of hydrogen-bond donors (Lipinski definition) is 1. The van der Waals surface area contributed by atoms with Gasteiger partial charge in [-0.25, -0.2) is 8.42 Å².